The van der Waals surface area contributed by atoms with Gasteiger partial charge in [0.25, 0.3) is 11.8 Å². The van der Waals surface area contributed by atoms with Gasteiger partial charge in [0.05, 0.1) is 17.4 Å². The van der Waals surface area contributed by atoms with Gasteiger partial charge in [-0.1, -0.05) is 78.9 Å². The van der Waals surface area contributed by atoms with Gasteiger partial charge in [-0.3, -0.25) is 19.8 Å². The SMILES string of the molecule is C[C@@H](c1ccccc1)N1C(=O)NC(=O)/C(=C/c2cn(-c3ccccc3)nc2-c2ccccc2)C1=O. The molecule has 0 bridgehead atoms. The third-order valence-corrected chi connectivity index (χ3v) is 5.91. The van der Waals surface area contributed by atoms with Crippen LogP contribution in [0.3, 0.4) is 0 Å². The normalized spacial score (nSPS) is 15.9. The summed E-state index contributed by atoms with van der Waals surface area (Å²) in [5, 5.41) is 7.04. The summed E-state index contributed by atoms with van der Waals surface area (Å²) in [4.78, 5) is 39.9. The van der Waals surface area contributed by atoms with Crippen molar-refractivity contribution < 1.29 is 14.4 Å². The van der Waals surface area contributed by atoms with Crippen molar-refractivity contribution >= 4 is 23.9 Å². The third kappa shape index (κ3) is 4.27. The van der Waals surface area contributed by atoms with E-state index in [4.69, 9.17) is 5.10 Å². The number of hydrogen-bond acceptors (Lipinski definition) is 4. The Morgan fingerprint density at radius 1 is 0.829 bits per heavy atom. The fourth-order valence-corrected chi connectivity index (χ4v) is 4.09. The van der Waals surface area contributed by atoms with E-state index in [-0.39, 0.29) is 5.57 Å². The number of hydrogen-bond donors (Lipinski definition) is 1. The molecule has 7 heteroatoms. The molecule has 35 heavy (non-hydrogen) atoms. The van der Waals surface area contributed by atoms with E-state index in [1.807, 2.05) is 91.0 Å². The molecule has 1 fully saturated rings. The van der Waals surface area contributed by atoms with E-state index in [9.17, 15) is 14.4 Å². The standard InChI is InChI=1S/C28H22N4O3/c1-19(20-11-5-2-6-12-20)32-27(34)24(26(33)29-28(32)35)17-22-18-31(23-15-9-4-10-16-23)30-25(22)21-13-7-3-8-14-21/h2-19H,1H3,(H,29,33,35)/b24-17-/t19-/m0/s1. The van der Waals surface area contributed by atoms with Gasteiger partial charge in [0, 0.05) is 17.3 Å². The first-order chi connectivity index (χ1) is 17.0. The van der Waals surface area contributed by atoms with Crippen LogP contribution in [-0.2, 0) is 9.59 Å². The van der Waals surface area contributed by atoms with Gasteiger partial charge in [-0.2, -0.15) is 5.10 Å². The van der Waals surface area contributed by atoms with Gasteiger partial charge in [-0.25, -0.2) is 9.48 Å². The number of carbonyl (C=O) groups excluding carboxylic acids is 3. The molecule has 0 radical (unpaired) electrons. The summed E-state index contributed by atoms with van der Waals surface area (Å²) in [7, 11) is 0. The molecular formula is C28H22N4O3. The largest absolute Gasteiger partial charge is 0.331 e. The molecule has 0 saturated carbocycles. The molecule has 1 aromatic heterocycles. The first-order valence-corrected chi connectivity index (χ1v) is 11.2. The molecule has 4 amide bonds. The van der Waals surface area contributed by atoms with Crippen LogP contribution in [0, 0.1) is 0 Å². The monoisotopic (exact) mass is 462 g/mol. The van der Waals surface area contributed by atoms with E-state index in [1.165, 1.54) is 6.08 Å². The number of carbonyl (C=O) groups is 3. The van der Waals surface area contributed by atoms with Crippen LogP contribution in [0.5, 0.6) is 0 Å². The van der Waals surface area contributed by atoms with Gasteiger partial charge in [0.1, 0.15) is 5.57 Å². The number of urea groups is 1. The Labute approximate surface area is 202 Å². The lowest BCUT2D eigenvalue weighted by atomic mass is 10.0. The highest BCUT2D eigenvalue weighted by atomic mass is 16.2. The number of amides is 4. The Morgan fingerprint density at radius 3 is 2.09 bits per heavy atom. The van der Waals surface area contributed by atoms with Gasteiger partial charge >= 0.3 is 6.03 Å². The highest BCUT2D eigenvalue weighted by Gasteiger charge is 2.39. The van der Waals surface area contributed by atoms with Crippen molar-refractivity contribution in [3.8, 4) is 16.9 Å². The lowest BCUT2D eigenvalue weighted by Crippen LogP contribution is -2.54. The molecule has 1 N–H and O–H groups in total. The molecule has 5 rings (SSSR count). The molecule has 0 unspecified atom stereocenters. The topological polar surface area (TPSA) is 84.3 Å². The minimum Gasteiger partial charge on any atom is -0.273 e. The van der Waals surface area contributed by atoms with E-state index in [0.717, 1.165) is 21.7 Å². The van der Waals surface area contributed by atoms with Crippen LogP contribution in [0.4, 0.5) is 4.79 Å². The Kier molecular flexibility index (Phi) is 5.81. The first-order valence-electron chi connectivity index (χ1n) is 11.2. The summed E-state index contributed by atoms with van der Waals surface area (Å²) in [6, 6.07) is 27.0. The molecule has 1 aliphatic rings. The lowest BCUT2D eigenvalue weighted by Gasteiger charge is -2.31. The minimum atomic E-state index is -0.739. The Bertz CT molecular complexity index is 1430. The van der Waals surface area contributed by atoms with Crippen molar-refractivity contribution in [2.45, 2.75) is 13.0 Å². The summed E-state index contributed by atoms with van der Waals surface area (Å²) in [6.07, 6.45) is 3.27. The summed E-state index contributed by atoms with van der Waals surface area (Å²) in [6.45, 7) is 1.75. The number of para-hydroxylation sites is 1. The maximum atomic E-state index is 13.4. The Morgan fingerprint density at radius 2 is 1.43 bits per heavy atom. The van der Waals surface area contributed by atoms with E-state index >= 15 is 0 Å². The number of nitrogens with one attached hydrogen (secondary N) is 1. The lowest BCUT2D eigenvalue weighted by molar-refractivity contribution is -0.131. The maximum absolute atomic E-state index is 13.4. The predicted octanol–water partition coefficient (Wildman–Crippen LogP) is 4.76. The molecule has 172 valence electrons. The molecule has 4 aromatic rings. The number of imide groups is 2. The number of aromatic nitrogens is 2. The van der Waals surface area contributed by atoms with Crippen molar-refractivity contribution in [1.29, 1.82) is 0 Å². The quantitative estimate of drug-likeness (QED) is 0.342. The fraction of sp³-hybridized carbons (Fsp3) is 0.0714. The smallest absolute Gasteiger partial charge is 0.273 e. The van der Waals surface area contributed by atoms with Crippen molar-refractivity contribution in [1.82, 2.24) is 20.0 Å². The zero-order valence-corrected chi connectivity index (χ0v) is 19.0. The van der Waals surface area contributed by atoms with Crippen molar-refractivity contribution in [2.75, 3.05) is 0 Å². The molecule has 1 atom stereocenters. The van der Waals surface area contributed by atoms with E-state index in [2.05, 4.69) is 5.32 Å². The zero-order chi connectivity index (χ0) is 24.4. The Balaban J connectivity index is 1.59. The molecule has 3 aromatic carbocycles. The second kappa shape index (κ2) is 9.23. The van der Waals surface area contributed by atoms with Crippen LogP contribution >= 0.6 is 0 Å². The van der Waals surface area contributed by atoms with Gasteiger partial charge in [0.2, 0.25) is 0 Å². The van der Waals surface area contributed by atoms with Gasteiger partial charge < -0.3 is 0 Å². The molecule has 0 spiro atoms. The summed E-state index contributed by atoms with van der Waals surface area (Å²) in [5.74, 6) is -1.38. The average Bonchev–Trinajstić information content (AvgIpc) is 3.32. The molecule has 1 saturated heterocycles. The second-order valence-electron chi connectivity index (χ2n) is 8.16. The molecular weight excluding hydrogens is 440 g/mol. The van der Waals surface area contributed by atoms with Crippen LogP contribution in [0.1, 0.15) is 24.1 Å². The average molecular weight is 463 g/mol. The van der Waals surface area contributed by atoms with Crippen molar-refractivity contribution in [2.24, 2.45) is 0 Å². The Hall–Kier alpha value is -4.78. The summed E-state index contributed by atoms with van der Waals surface area (Å²) >= 11 is 0. The molecule has 7 nitrogen and oxygen atoms in total. The highest BCUT2D eigenvalue weighted by molar-refractivity contribution is 6.31. The second-order valence-corrected chi connectivity index (χ2v) is 8.16. The van der Waals surface area contributed by atoms with Crippen molar-refractivity contribution in [3.63, 3.8) is 0 Å². The van der Waals surface area contributed by atoms with Crippen LogP contribution in [-0.4, -0.2) is 32.5 Å². The van der Waals surface area contributed by atoms with E-state index in [1.54, 1.807) is 17.8 Å². The van der Waals surface area contributed by atoms with E-state index in [0.29, 0.717) is 11.3 Å². The van der Waals surface area contributed by atoms with Crippen LogP contribution < -0.4 is 5.32 Å². The minimum absolute atomic E-state index is 0.128. The molecule has 2 heterocycles. The third-order valence-electron chi connectivity index (χ3n) is 5.91. The number of nitrogens with zero attached hydrogens (tertiary/aromatic N) is 3. The van der Waals surface area contributed by atoms with Crippen LogP contribution in [0.15, 0.2) is 103 Å². The fourth-order valence-electron chi connectivity index (χ4n) is 4.09. The highest BCUT2D eigenvalue weighted by Crippen LogP contribution is 2.29. The van der Waals surface area contributed by atoms with Crippen LogP contribution in [0.2, 0.25) is 0 Å². The number of rotatable bonds is 5. The summed E-state index contributed by atoms with van der Waals surface area (Å²) < 4.78 is 1.70. The van der Waals surface area contributed by atoms with Crippen LogP contribution in [0.25, 0.3) is 23.0 Å². The molecule has 1 aliphatic heterocycles. The number of barbiturate groups is 1. The van der Waals surface area contributed by atoms with E-state index < -0.39 is 23.9 Å². The van der Waals surface area contributed by atoms with Gasteiger partial charge in [0.15, 0.2) is 0 Å². The van der Waals surface area contributed by atoms with Gasteiger partial charge in [-0.15, -0.1) is 0 Å². The zero-order valence-electron chi connectivity index (χ0n) is 19.0. The molecule has 0 aliphatic carbocycles. The maximum Gasteiger partial charge on any atom is 0.331 e. The van der Waals surface area contributed by atoms with Gasteiger partial charge in [-0.05, 0) is 30.7 Å². The van der Waals surface area contributed by atoms with Crippen molar-refractivity contribution in [3.05, 3.63) is 114 Å². The first kappa shape index (κ1) is 22.0. The summed E-state index contributed by atoms with van der Waals surface area (Å²) in [5.41, 5.74) is 3.53. The number of benzene rings is 3. The predicted molar refractivity (Wildman–Crippen MR) is 132 cm³/mol.